The van der Waals surface area contributed by atoms with E-state index in [-0.39, 0.29) is 24.0 Å². The van der Waals surface area contributed by atoms with Gasteiger partial charge in [0.25, 0.3) is 0 Å². The molecule has 3 rings (SSSR count). The van der Waals surface area contributed by atoms with Gasteiger partial charge in [0.15, 0.2) is 5.76 Å². The average Bonchev–Trinajstić information content (AvgIpc) is 3.08. The number of hydrogen-bond donors (Lipinski definition) is 1. The van der Waals surface area contributed by atoms with Gasteiger partial charge in [-0.25, -0.2) is 0 Å². The summed E-state index contributed by atoms with van der Waals surface area (Å²) in [6.07, 6.45) is 1.83. The molecule has 1 fully saturated rings. The summed E-state index contributed by atoms with van der Waals surface area (Å²) in [6, 6.07) is 12.6. The van der Waals surface area contributed by atoms with Crippen LogP contribution in [0, 0.1) is 11.3 Å². The summed E-state index contributed by atoms with van der Waals surface area (Å²) in [4.78, 5) is 14.0. The van der Waals surface area contributed by atoms with Crippen molar-refractivity contribution in [1.29, 1.82) is 0 Å². The first-order valence-electron chi connectivity index (χ1n) is 9.83. The Labute approximate surface area is 167 Å². The van der Waals surface area contributed by atoms with E-state index >= 15 is 0 Å². The fraction of sp³-hybridized carbons (Fsp3) is 0.545. The molecule has 1 aromatic heterocycles. The number of hydrogen-bond acceptors (Lipinski definition) is 5. The second-order valence-corrected chi connectivity index (χ2v) is 8.45. The van der Waals surface area contributed by atoms with E-state index in [9.17, 15) is 4.79 Å². The van der Waals surface area contributed by atoms with Crippen LogP contribution < -0.4 is 5.32 Å². The van der Waals surface area contributed by atoms with E-state index in [2.05, 4.69) is 66.6 Å². The molecule has 1 aromatic carbocycles. The zero-order valence-electron chi connectivity index (χ0n) is 17.3. The number of carbonyl (C=O) groups is 1. The van der Waals surface area contributed by atoms with Crippen molar-refractivity contribution in [3.63, 3.8) is 0 Å². The zero-order valence-corrected chi connectivity index (χ0v) is 17.3. The number of methoxy groups -OCH3 is 1. The van der Waals surface area contributed by atoms with Crippen LogP contribution in [0.25, 0.3) is 0 Å². The van der Waals surface area contributed by atoms with Gasteiger partial charge in [0, 0.05) is 25.8 Å². The molecule has 2 aromatic rings. The second kappa shape index (κ2) is 8.88. The van der Waals surface area contributed by atoms with Crippen LogP contribution in [-0.4, -0.2) is 42.8 Å². The molecule has 0 spiro atoms. The van der Waals surface area contributed by atoms with Crippen molar-refractivity contribution in [3.05, 3.63) is 53.4 Å². The first-order chi connectivity index (χ1) is 13.4. The standard InChI is InChI=1S/C22H31N3O3/c1-22(2)17(11-20(22)23-21(26)15-27-4)10-18-12-19(28-24-18)14-25(3)13-16-8-6-5-7-9-16/h5-9,12,17,20H,10-11,13-15H2,1-4H3,(H,23,26). The highest BCUT2D eigenvalue weighted by atomic mass is 16.5. The molecule has 2 atom stereocenters. The molecule has 6 nitrogen and oxygen atoms in total. The van der Waals surface area contributed by atoms with Gasteiger partial charge in [0.2, 0.25) is 5.91 Å². The van der Waals surface area contributed by atoms with E-state index in [1.54, 1.807) is 0 Å². The Morgan fingerprint density at radius 1 is 1.32 bits per heavy atom. The number of aromatic nitrogens is 1. The molecule has 152 valence electrons. The van der Waals surface area contributed by atoms with Crippen LogP contribution in [0.3, 0.4) is 0 Å². The number of benzene rings is 1. The number of carbonyl (C=O) groups excluding carboxylic acids is 1. The molecule has 28 heavy (non-hydrogen) atoms. The van der Waals surface area contributed by atoms with E-state index in [0.717, 1.165) is 37.4 Å². The maximum absolute atomic E-state index is 11.8. The molecule has 1 aliphatic carbocycles. The van der Waals surface area contributed by atoms with E-state index in [1.165, 1.54) is 12.7 Å². The molecule has 2 unspecified atom stereocenters. The number of ether oxygens (including phenoxy) is 1. The highest BCUT2D eigenvalue weighted by Crippen LogP contribution is 2.47. The van der Waals surface area contributed by atoms with Crippen molar-refractivity contribution in [2.75, 3.05) is 20.8 Å². The van der Waals surface area contributed by atoms with Gasteiger partial charge in [0.1, 0.15) is 6.61 Å². The highest BCUT2D eigenvalue weighted by Gasteiger charge is 2.48. The fourth-order valence-corrected chi connectivity index (χ4v) is 3.97. The van der Waals surface area contributed by atoms with Gasteiger partial charge < -0.3 is 14.6 Å². The largest absolute Gasteiger partial charge is 0.375 e. The van der Waals surface area contributed by atoms with Gasteiger partial charge in [-0.2, -0.15) is 0 Å². The highest BCUT2D eigenvalue weighted by molar-refractivity contribution is 5.77. The molecule has 0 aliphatic heterocycles. The van der Waals surface area contributed by atoms with Crippen molar-refractivity contribution in [2.24, 2.45) is 11.3 Å². The molecule has 6 heteroatoms. The average molecular weight is 386 g/mol. The lowest BCUT2D eigenvalue weighted by Gasteiger charge is -2.52. The van der Waals surface area contributed by atoms with Crippen LogP contribution in [0.5, 0.6) is 0 Å². The van der Waals surface area contributed by atoms with E-state index < -0.39 is 0 Å². The third-order valence-corrected chi connectivity index (χ3v) is 5.87. The van der Waals surface area contributed by atoms with Crippen molar-refractivity contribution in [1.82, 2.24) is 15.4 Å². The summed E-state index contributed by atoms with van der Waals surface area (Å²) >= 11 is 0. The molecular formula is C22H31N3O3. The smallest absolute Gasteiger partial charge is 0.246 e. The predicted octanol–water partition coefficient (Wildman–Crippen LogP) is 3.03. The van der Waals surface area contributed by atoms with E-state index in [1.807, 2.05) is 6.07 Å². The van der Waals surface area contributed by atoms with Gasteiger partial charge >= 0.3 is 0 Å². The molecule has 1 aliphatic rings. The van der Waals surface area contributed by atoms with Crippen molar-refractivity contribution < 1.29 is 14.1 Å². The molecule has 0 bridgehead atoms. The lowest BCUT2D eigenvalue weighted by Crippen LogP contribution is -2.59. The summed E-state index contributed by atoms with van der Waals surface area (Å²) in [7, 11) is 3.62. The number of nitrogens with zero attached hydrogens (tertiary/aromatic N) is 2. The Balaban J connectivity index is 1.49. The van der Waals surface area contributed by atoms with Gasteiger partial charge in [-0.05, 0) is 36.8 Å². The maximum Gasteiger partial charge on any atom is 0.246 e. The van der Waals surface area contributed by atoms with Gasteiger partial charge in [-0.15, -0.1) is 0 Å². The Kier molecular flexibility index (Phi) is 6.52. The second-order valence-electron chi connectivity index (χ2n) is 8.45. The Bertz CT molecular complexity index is 772. The van der Waals surface area contributed by atoms with Gasteiger partial charge in [-0.3, -0.25) is 9.69 Å². The first-order valence-corrected chi connectivity index (χ1v) is 9.83. The first kappa shape index (κ1) is 20.6. The quantitative estimate of drug-likeness (QED) is 0.719. The van der Waals surface area contributed by atoms with Crippen LogP contribution in [0.1, 0.15) is 37.3 Å². The molecule has 0 radical (unpaired) electrons. The van der Waals surface area contributed by atoms with Gasteiger partial charge in [0.05, 0.1) is 12.2 Å². The molecule has 0 saturated heterocycles. The topological polar surface area (TPSA) is 67.6 Å². The summed E-state index contributed by atoms with van der Waals surface area (Å²) < 4.78 is 10.5. The van der Waals surface area contributed by atoms with Gasteiger partial charge in [-0.1, -0.05) is 49.3 Å². The molecule has 1 heterocycles. The maximum atomic E-state index is 11.8. The summed E-state index contributed by atoms with van der Waals surface area (Å²) in [5.41, 5.74) is 2.30. The minimum absolute atomic E-state index is 0.0343. The Morgan fingerprint density at radius 2 is 2.07 bits per heavy atom. The van der Waals surface area contributed by atoms with E-state index in [0.29, 0.717) is 5.92 Å². The monoisotopic (exact) mass is 385 g/mol. The Hall–Kier alpha value is -2.18. The van der Waals surface area contributed by atoms with Crippen LogP contribution >= 0.6 is 0 Å². The van der Waals surface area contributed by atoms with Crippen LogP contribution in [-0.2, 0) is 29.0 Å². The van der Waals surface area contributed by atoms with Crippen LogP contribution in [0.15, 0.2) is 40.9 Å². The summed E-state index contributed by atoms with van der Waals surface area (Å²) in [6.45, 7) is 6.11. The number of rotatable bonds is 9. The molecule has 1 N–H and O–H groups in total. The van der Waals surface area contributed by atoms with Crippen LogP contribution in [0.4, 0.5) is 0 Å². The lowest BCUT2D eigenvalue weighted by molar-refractivity contribution is -0.129. The number of nitrogens with one attached hydrogen (secondary N) is 1. The van der Waals surface area contributed by atoms with Crippen molar-refractivity contribution >= 4 is 5.91 Å². The SMILES string of the molecule is COCC(=O)NC1CC(Cc2cc(CN(C)Cc3ccccc3)on2)C1(C)C. The van der Waals surface area contributed by atoms with E-state index in [4.69, 9.17) is 9.26 Å². The molecule has 1 amide bonds. The summed E-state index contributed by atoms with van der Waals surface area (Å²) in [5, 5.41) is 7.33. The minimum Gasteiger partial charge on any atom is -0.375 e. The van der Waals surface area contributed by atoms with Crippen molar-refractivity contribution in [2.45, 2.75) is 45.8 Å². The molecule has 1 saturated carbocycles. The van der Waals surface area contributed by atoms with Crippen molar-refractivity contribution in [3.8, 4) is 0 Å². The Morgan fingerprint density at radius 3 is 2.75 bits per heavy atom. The summed E-state index contributed by atoms with van der Waals surface area (Å²) in [5.74, 6) is 1.31. The molecular weight excluding hydrogens is 354 g/mol. The normalized spacial score (nSPS) is 20.8. The lowest BCUT2D eigenvalue weighted by atomic mass is 9.57. The number of amides is 1. The third kappa shape index (κ3) is 5.00. The third-order valence-electron chi connectivity index (χ3n) is 5.87. The predicted molar refractivity (Wildman–Crippen MR) is 108 cm³/mol. The minimum atomic E-state index is -0.0517. The fourth-order valence-electron chi connectivity index (χ4n) is 3.97. The zero-order chi connectivity index (χ0) is 20.1. The van der Waals surface area contributed by atoms with Crippen LogP contribution in [0.2, 0.25) is 0 Å².